The minimum atomic E-state index is -0.796. The van der Waals surface area contributed by atoms with E-state index in [1.54, 1.807) is 12.1 Å². The Kier molecular flexibility index (Phi) is 4.44. The van der Waals surface area contributed by atoms with Gasteiger partial charge < -0.3 is 10.4 Å². The van der Waals surface area contributed by atoms with Gasteiger partial charge in [0.25, 0.3) is 0 Å². The van der Waals surface area contributed by atoms with Crippen LogP contribution in [-0.2, 0) is 4.79 Å². The van der Waals surface area contributed by atoms with Gasteiger partial charge in [0.15, 0.2) is 0 Å². The van der Waals surface area contributed by atoms with Gasteiger partial charge in [0.2, 0.25) is 0 Å². The molecule has 0 aliphatic heterocycles. The summed E-state index contributed by atoms with van der Waals surface area (Å²) in [6.45, 7) is 0.401. The van der Waals surface area contributed by atoms with Crippen molar-refractivity contribution in [2.75, 3.05) is 11.9 Å². The van der Waals surface area contributed by atoms with Crippen molar-refractivity contribution in [2.45, 2.75) is 19.3 Å². The van der Waals surface area contributed by atoms with E-state index < -0.39 is 10.9 Å². The van der Waals surface area contributed by atoms with E-state index in [1.165, 1.54) is 6.07 Å². The SMILES string of the molecule is O=C(O)C1CCCC1CNc1cccc(Cl)c1[N+](=O)[O-]. The molecule has 2 rings (SSSR count). The van der Waals surface area contributed by atoms with Crippen LogP contribution >= 0.6 is 11.6 Å². The first-order valence-corrected chi connectivity index (χ1v) is 6.78. The average Bonchev–Trinajstić information content (AvgIpc) is 2.84. The molecule has 0 aromatic heterocycles. The van der Waals surface area contributed by atoms with E-state index in [0.717, 1.165) is 12.8 Å². The molecular formula is C13H15ClN2O4. The summed E-state index contributed by atoms with van der Waals surface area (Å²) in [5.41, 5.74) is 0.164. The van der Waals surface area contributed by atoms with Gasteiger partial charge in [-0.05, 0) is 30.9 Å². The number of hydrogen-bond donors (Lipinski definition) is 2. The Morgan fingerprint density at radius 1 is 1.50 bits per heavy atom. The number of nitrogens with zero attached hydrogens (tertiary/aromatic N) is 1. The number of carboxylic acids is 1. The third-order valence-corrected chi connectivity index (χ3v) is 4.01. The Bertz CT molecular complexity index is 535. The molecule has 0 heterocycles. The number of benzene rings is 1. The summed E-state index contributed by atoms with van der Waals surface area (Å²) in [5.74, 6) is -1.18. The van der Waals surface area contributed by atoms with Crippen molar-refractivity contribution in [3.8, 4) is 0 Å². The van der Waals surface area contributed by atoms with Gasteiger partial charge in [-0.3, -0.25) is 14.9 Å². The maximum absolute atomic E-state index is 11.1. The fraction of sp³-hybridized carbons (Fsp3) is 0.462. The minimum Gasteiger partial charge on any atom is -0.481 e. The van der Waals surface area contributed by atoms with Crippen molar-refractivity contribution in [1.29, 1.82) is 0 Å². The number of para-hydroxylation sites is 1. The lowest BCUT2D eigenvalue weighted by molar-refractivity contribution is -0.383. The van der Waals surface area contributed by atoms with Crippen molar-refractivity contribution in [3.05, 3.63) is 33.3 Å². The van der Waals surface area contributed by atoms with Crippen LogP contribution in [0.15, 0.2) is 18.2 Å². The Labute approximate surface area is 120 Å². The van der Waals surface area contributed by atoms with Crippen molar-refractivity contribution >= 4 is 28.9 Å². The topological polar surface area (TPSA) is 92.5 Å². The van der Waals surface area contributed by atoms with E-state index in [1.807, 2.05) is 0 Å². The van der Waals surface area contributed by atoms with Gasteiger partial charge in [-0.15, -0.1) is 0 Å². The van der Waals surface area contributed by atoms with E-state index in [4.69, 9.17) is 16.7 Å². The van der Waals surface area contributed by atoms with Gasteiger partial charge in [-0.2, -0.15) is 0 Å². The van der Waals surface area contributed by atoms with E-state index in [2.05, 4.69) is 5.32 Å². The third-order valence-electron chi connectivity index (χ3n) is 3.70. The molecule has 2 atom stereocenters. The summed E-state index contributed by atoms with van der Waals surface area (Å²) in [4.78, 5) is 21.6. The van der Waals surface area contributed by atoms with Crippen LogP contribution in [0.2, 0.25) is 5.02 Å². The molecule has 1 fully saturated rings. The lowest BCUT2D eigenvalue weighted by atomic mass is 9.96. The highest BCUT2D eigenvalue weighted by atomic mass is 35.5. The van der Waals surface area contributed by atoms with Crippen molar-refractivity contribution < 1.29 is 14.8 Å². The molecule has 7 heteroatoms. The fourth-order valence-corrected chi connectivity index (χ4v) is 2.93. The molecule has 1 aliphatic carbocycles. The number of aliphatic carboxylic acids is 1. The minimum absolute atomic E-state index is 0.00825. The molecular weight excluding hydrogens is 284 g/mol. The monoisotopic (exact) mass is 298 g/mol. The second-order valence-corrected chi connectivity index (χ2v) is 5.32. The highest BCUT2D eigenvalue weighted by molar-refractivity contribution is 6.33. The number of rotatable bonds is 5. The molecule has 20 heavy (non-hydrogen) atoms. The largest absolute Gasteiger partial charge is 0.481 e. The maximum atomic E-state index is 11.1. The third kappa shape index (κ3) is 3.01. The highest BCUT2D eigenvalue weighted by Gasteiger charge is 2.33. The van der Waals surface area contributed by atoms with Gasteiger partial charge in [0.1, 0.15) is 10.7 Å². The molecule has 0 saturated heterocycles. The number of nitro groups is 1. The molecule has 2 N–H and O–H groups in total. The van der Waals surface area contributed by atoms with Crippen LogP contribution in [0.1, 0.15) is 19.3 Å². The molecule has 1 saturated carbocycles. The Morgan fingerprint density at radius 3 is 2.90 bits per heavy atom. The van der Waals surface area contributed by atoms with E-state index in [-0.39, 0.29) is 22.5 Å². The predicted molar refractivity (Wildman–Crippen MR) is 75.1 cm³/mol. The molecule has 1 aliphatic rings. The normalized spacial score (nSPS) is 21.6. The Morgan fingerprint density at radius 2 is 2.25 bits per heavy atom. The van der Waals surface area contributed by atoms with Gasteiger partial charge in [0, 0.05) is 6.54 Å². The highest BCUT2D eigenvalue weighted by Crippen LogP contribution is 2.35. The summed E-state index contributed by atoms with van der Waals surface area (Å²) < 4.78 is 0. The second-order valence-electron chi connectivity index (χ2n) is 4.91. The summed E-state index contributed by atoms with van der Waals surface area (Å²) in [5, 5.41) is 23.2. The first kappa shape index (κ1) is 14.6. The van der Waals surface area contributed by atoms with Crippen molar-refractivity contribution in [2.24, 2.45) is 11.8 Å². The number of carbonyl (C=O) groups is 1. The molecule has 1 aromatic rings. The molecule has 0 amide bonds. The second kappa shape index (κ2) is 6.09. The Hall–Kier alpha value is -1.82. The number of nitrogens with one attached hydrogen (secondary N) is 1. The van der Waals surface area contributed by atoms with E-state index >= 15 is 0 Å². The lowest BCUT2D eigenvalue weighted by Gasteiger charge is -2.17. The van der Waals surface area contributed by atoms with Gasteiger partial charge >= 0.3 is 11.7 Å². The van der Waals surface area contributed by atoms with Crippen LogP contribution in [-0.4, -0.2) is 22.5 Å². The maximum Gasteiger partial charge on any atom is 0.310 e. The zero-order chi connectivity index (χ0) is 14.7. The first-order chi connectivity index (χ1) is 9.50. The van der Waals surface area contributed by atoms with Crippen LogP contribution in [0, 0.1) is 22.0 Å². The Balaban J connectivity index is 2.10. The molecule has 0 radical (unpaired) electrons. The van der Waals surface area contributed by atoms with E-state index in [9.17, 15) is 14.9 Å². The summed E-state index contributed by atoms with van der Waals surface area (Å²) >= 11 is 5.82. The zero-order valence-corrected chi connectivity index (χ0v) is 11.5. The predicted octanol–water partition coefficient (Wildman–Crippen LogP) is 3.16. The van der Waals surface area contributed by atoms with Crippen LogP contribution in [0.25, 0.3) is 0 Å². The zero-order valence-electron chi connectivity index (χ0n) is 10.7. The van der Waals surface area contributed by atoms with Crippen molar-refractivity contribution in [1.82, 2.24) is 0 Å². The number of nitro benzene ring substituents is 1. The van der Waals surface area contributed by atoms with E-state index in [0.29, 0.717) is 18.7 Å². The van der Waals surface area contributed by atoms with Crippen molar-refractivity contribution in [3.63, 3.8) is 0 Å². The quantitative estimate of drug-likeness (QED) is 0.643. The average molecular weight is 299 g/mol. The van der Waals surface area contributed by atoms with Gasteiger partial charge in [-0.25, -0.2) is 0 Å². The number of carboxylic acid groups (broad SMARTS) is 1. The summed E-state index contributed by atoms with van der Waals surface area (Å²) in [6.07, 6.45) is 2.36. The molecule has 0 bridgehead atoms. The van der Waals surface area contributed by atoms with Gasteiger partial charge in [0.05, 0.1) is 10.8 Å². The van der Waals surface area contributed by atoms with Crippen LogP contribution < -0.4 is 5.32 Å². The molecule has 1 aromatic carbocycles. The number of anilines is 1. The molecule has 6 nitrogen and oxygen atoms in total. The number of hydrogen-bond acceptors (Lipinski definition) is 4. The smallest absolute Gasteiger partial charge is 0.310 e. The van der Waals surface area contributed by atoms with Gasteiger partial charge in [-0.1, -0.05) is 24.1 Å². The molecule has 2 unspecified atom stereocenters. The van der Waals surface area contributed by atoms with Crippen LogP contribution in [0.3, 0.4) is 0 Å². The standard InChI is InChI=1S/C13H15ClN2O4/c14-10-5-2-6-11(12(10)16(19)20)15-7-8-3-1-4-9(8)13(17)18/h2,5-6,8-9,15H,1,3-4,7H2,(H,17,18). The van der Waals surface area contributed by atoms with Crippen LogP contribution in [0.5, 0.6) is 0 Å². The lowest BCUT2D eigenvalue weighted by Crippen LogP contribution is -2.24. The number of halogens is 1. The van der Waals surface area contributed by atoms with Crippen LogP contribution in [0.4, 0.5) is 11.4 Å². The molecule has 0 spiro atoms. The summed E-state index contributed by atoms with van der Waals surface area (Å²) in [6, 6.07) is 4.66. The summed E-state index contributed by atoms with van der Waals surface area (Å²) in [7, 11) is 0. The fourth-order valence-electron chi connectivity index (χ4n) is 2.69. The molecule has 108 valence electrons. The first-order valence-electron chi connectivity index (χ1n) is 6.40.